The number of benzene rings is 1. The summed E-state index contributed by atoms with van der Waals surface area (Å²) in [6.07, 6.45) is 0.975. The van der Waals surface area contributed by atoms with Crippen LogP contribution in [0, 0.1) is 5.92 Å². The fraction of sp³-hybridized carbons (Fsp3) is 0.294. The lowest BCUT2D eigenvalue weighted by Crippen LogP contribution is -2.39. The van der Waals surface area contributed by atoms with Crippen LogP contribution < -0.4 is 10.6 Å². The van der Waals surface area contributed by atoms with Crippen LogP contribution in [0.25, 0.3) is 0 Å². The summed E-state index contributed by atoms with van der Waals surface area (Å²) < 4.78 is 0. The van der Waals surface area contributed by atoms with E-state index in [9.17, 15) is 9.59 Å². The summed E-state index contributed by atoms with van der Waals surface area (Å²) in [7, 11) is 0. The summed E-state index contributed by atoms with van der Waals surface area (Å²) in [6, 6.07) is 9.96. The van der Waals surface area contributed by atoms with E-state index in [1.807, 2.05) is 17.5 Å². The molecular formula is C17H18N2O2S. The summed E-state index contributed by atoms with van der Waals surface area (Å²) in [5, 5.41) is 9.29. The van der Waals surface area contributed by atoms with Gasteiger partial charge < -0.3 is 10.6 Å². The maximum atomic E-state index is 12.1. The number of carbonyl (C=O) groups excluding carboxylic acids is 2. The van der Waals surface area contributed by atoms with Crippen LogP contribution >= 0.6 is 11.3 Å². The number of thiophene rings is 1. The van der Waals surface area contributed by atoms with E-state index in [0.29, 0.717) is 11.5 Å². The smallest absolute Gasteiger partial charge is 0.252 e. The van der Waals surface area contributed by atoms with Crippen molar-refractivity contribution in [1.29, 1.82) is 0 Å². The van der Waals surface area contributed by atoms with Crippen molar-refractivity contribution in [2.45, 2.75) is 19.4 Å². The first-order valence-corrected chi connectivity index (χ1v) is 8.27. The van der Waals surface area contributed by atoms with E-state index >= 15 is 0 Å². The monoisotopic (exact) mass is 314 g/mol. The van der Waals surface area contributed by atoms with E-state index in [4.69, 9.17) is 0 Å². The molecule has 114 valence electrons. The molecule has 5 heteroatoms. The molecule has 1 heterocycles. The molecule has 1 aliphatic rings. The summed E-state index contributed by atoms with van der Waals surface area (Å²) in [5.74, 6) is 0.00216. The molecule has 2 atom stereocenters. The van der Waals surface area contributed by atoms with Crippen molar-refractivity contribution in [3.8, 4) is 0 Å². The number of hydrogen-bond donors (Lipinski definition) is 2. The second kappa shape index (κ2) is 6.32. The number of carbonyl (C=O) groups is 2. The molecule has 0 saturated carbocycles. The zero-order chi connectivity index (χ0) is 15.5. The highest BCUT2D eigenvalue weighted by molar-refractivity contribution is 7.08. The average molecular weight is 314 g/mol. The lowest BCUT2D eigenvalue weighted by Gasteiger charge is -2.19. The summed E-state index contributed by atoms with van der Waals surface area (Å²) in [5.41, 5.74) is 3.08. The maximum Gasteiger partial charge on any atom is 0.252 e. The van der Waals surface area contributed by atoms with Gasteiger partial charge in [0.2, 0.25) is 5.91 Å². The van der Waals surface area contributed by atoms with Gasteiger partial charge in [-0.2, -0.15) is 11.3 Å². The molecular weight excluding hydrogens is 296 g/mol. The van der Waals surface area contributed by atoms with E-state index in [-0.39, 0.29) is 24.4 Å². The Kier molecular flexibility index (Phi) is 4.24. The van der Waals surface area contributed by atoms with Gasteiger partial charge in [0.1, 0.15) is 0 Å². The molecule has 2 N–H and O–H groups in total. The predicted octanol–water partition coefficient (Wildman–Crippen LogP) is 2.53. The first kappa shape index (κ1) is 14.8. The normalized spacial score (nSPS) is 19.5. The Labute approximate surface area is 133 Å². The molecule has 2 aromatic rings. The van der Waals surface area contributed by atoms with Gasteiger partial charge in [0.25, 0.3) is 5.91 Å². The Hall–Kier alpha value is -2.14. The van der Waals surface area contributed by atoms with Gasteiger partial charge in [0, 0.05) is 10.9 Å². The minimum atomic E-state index is -0.212. The van der Waals surface area contributed by atoms with E-state index in [1.54, 1.807) is 11.4 Å². The van der Waals surface area contributed by atoms with E-state index in [1.165, 1.54) is 22.5 Å². The van der Waals surface area contributed by atoms with Crippen LogP contribution in [0.5, 0.6) is 0 Å². The zero-order valence-electron chi connectivity index (χ0n) is 12.3. The maximum absolute atomic E-state index is 12.1. The van der Waals surface area contributed by atoms with Gasteiger partial charge in [-0.05, 0) is 34.9 Å². The first-order valence-electron chi connectivity index (χ1n) is 7.32. The Morgan fingerprint density at radius 2 is 2.09 bits per heavy atom. The van der Waals surface area contributed by atoms with Crippen molar-refractivity contribution >= 4 is 23.2 Å². The molecule has 0 saturated heterocycles. The van der Waals surface area contributed by atoms with Gasteiger partial charge in [-0.1, -0.05) is 31.2 Å². The zero-order valence-corrected chi connectivity index (χ0v) is 13.2. The molecule has 3 rings (SSSR count). The second-order valence-electron chi connectivity index (χ2n) is 5.62. The molecule has 4 nitrogen and oxygen atoms in total. The highest BCUT2D eigenvalue weighted by atomic mass is 32.1. The molecule has 0 aliphatic heterocycles. The van der Waals surface area contributed by atoms with Gasteiger partial charge in [0.15, 0.2) is 0 Å². The van der Waals surface area contributed by atoms with Crippen LogP contribution in [0.1, 0.15) is 34.5 Å². The van der Waals surface area contributed by atoms with Crippen LogP contribution in [-0.4, -0.2) is 18.4 Å². The van der Waals surface area contributed by atoms with Crippen LogP contribution in [0.3, 0.4) is 0 Å². The van der Waals surface area contributed by atoms with Crippen LogP contribution in [0.2, 0.25) is 0 Å². The Morgan fingerprint density at radius 1 is 1.27 bits per heavy atom. The number of hydrogen-bond acceptors (Lipinski definition) is 3. The highest BCUT2D eigenvalue weighted by Crippen LogP contribution is 2.35. The quantitative estimate of drug-likeness (QED) is 0.911. The van der Waals surface area contributed by atoms with Crippen molar-refractivity contribution in [1.82, 2.24) is 10.6 Å². The minimum absolute atomic E-state index is 0.0000664. The molecule has 0 radical (unpaired) electrons. The molecule has 1 aromatic carbocycles. The van der Waals surface area contributed by atoms with Crippen LogP contribution in [0.15, 0.2) is 41.1 Å². The molecule has 0 bridgehead atoms. The predicted molar refractivity (Wildman–Crippen MR) is 86.8 cm³/mol. The lowest BCUT2D eigenvalue weighted by atomic mass is 10.0. The average Bonchev–Trinajstić information content (AvgIpc) is 3.14. The van der Waals surface area contributed by atoms with Crippen molar-refractivity contribution in [3.63, 3.8) is 0 Å². The Balaban J connectivity index is 1.57. The van der Waals surface area contributed by atoms with Gasteiger partial charge in [-0.15, -0.1) is 0 Å². The van der Waals surface area contributed by atoms with Crippen molar-refractivity contribution in [3.05, 3.63) is 57.8 Å². The van der Waals surface area contributed by atoms with Gasteiger partial charge in [-0.25, -0.2) is 0 Å². The Bertz CT molecular complexity index is 682. The van der Waals surface area contributed by atoms with E-state index in [2.05, 4.69) is 29.7 Å². The molecule has 2 unspecified atom stereocenters. The molecule has 2 amide bonds. The summed E-state index contributed by atoms with van der Waals surface area (Å²) >= 11 is 1.46. The number of rotatable bonds is 4. The topological polar surface area (TPSA) is 58.2 Å². The van der Waals surface area contributed by atoms with Crippen molar-refractivity contribution in [2.24, 2.45) is 5.92 Å². The molecule has 1 aromatic heterocycles. The van der Waals surface area contributed by atoms with Crippen LogP contribution in [0.4, 0.5) is 0 Å². The fourth-order valence-corrected chi connectivity index (χ4v) is 3.53. The third-order valence-corrected chi connectivity index (χ3v) is 4.69. The summed E-state index contributed by atoms with van der Waals surface area (Å²) in [6.45, 7) is 2.13. The third-order valence-electron chi connectivity index (χ3n) is 4.01. The first-order chi connectivity index (χ1) is 10.6. The van der Waals surface area contributed by atoms with Crippen molar-refractivity contribution < 1.29 is 9.59 Å². The number of amides is 2. The Morgan fingerprint density at radius 3 is 2.86 bits per heavy atom. The van der Waals surface area contributed by atoms with Crippen molar-refractivity contribution in [2.75, 3.05) is 6.54 Å². The van der Waals surface area contributed by atoms with Gasteiger partial charge in [0.05, 0.1) is 12.6 Å². The molecule has 22 heavy (non-hydrogen) atoms. The molecule has 0 spiro atoms. The number of fused-ring (bicyclic) bond motifs is 1. The third kappa shape index (κ3) is 3.04. The van der Waals surface area contributed by atoms with Gasteiger partial charge >= 0.3 is 0 Å². The largest absolute Gasteiger partial charge is 0.347 e. The van der Waals surface area contributed by atoms with Crippen LogP contribution in [-0.2, 0) is 11.2 Å². The van der Waals surface area contributed by atoms with E-state index < -0.39 is 0 Å². The second-order valence-corrected chi connectivity index (χ2v) is 6.40. The standard InChI is InChI=1S/C17H18N2O2S/c1-11-8-12-4-2-3-5-14(12)16(11)19-15(20)9-18-17(21)13-6-7-22-10-13/h2-7,10-11,16H,8-9H2,1H3,(H,18,21)(H,19,20). The SMILES string of the molecule is CC1Cc2ccccc2C1NC(=O)CNC(=O)c1ccsc1. The van der Waals surface area contributed by atoms with Gasteiger partial charge in [-0.3, -0.25) is 9.59 Å². The highest BCUT2D eigenvalue weighted by Gasteiger charge is 2.30. The molecule has 1 aliphatic carbocycles. The summed E-state index contributed by atoms with van der Waals surface area (Å²) in [4.78, 5) is 23.9. The lowest BCUT2D eigenvalue weighted by molar-refractivity contribution is -0.121. The number of nitrogens with one attached hydrogen (secondary N) is 2. The minimum Gasteiger partial charge on any atom is -0.347 e. The molecule has 0 fully saturated rings. The fourth-order valence-electron chi connectivity index (χ4n) is 2.90. The van der Waals surface area contributed by atoms with E-state index in [0.717, 1.165) is 6.42 Å².